The van der Waals surface area contributed by atoms with Crippen LogP contribution in [0, 0.1) is 0 Å². The third kappa shape index (κ3) is 2.05. The fourth-order valence-corrected chi connectivity index (χ4v) is 1.33. The number of halogens is 1. The Labute approximate surface area is 91.9 Å². The number of nitrogens with zero attached hydrogens (tertiary/aromatic N) is 3. The van der Waals surface area contributed by atoms with Crippen molar-refractivity contribution in [2.75, 3.05) is 7.11 Å². The number of rotatable bonds is 2. The van der Waals surface area contributed by atoms with Crippen molar-refractivity contribution in [3.05, 3.63) is 35.9 Å². The number of aromatic nitrogens is 3. The monoisotopic (exact) mass is 221 g/mol. The maximum atomic E-state index is 5.89. The predicted molar refractivity (Wildman–Crippen MR) is 56.8 cm³/mol. The summed E-state index contributed by atoms with van der Waals surface area (Å²) in [6, 6.07) is 3.64. The van der Waals surface area contributed by atoms with Crippen LogP contribution in [0.1, 0.15) is 0 Å². The molecule has 4 nitrogen and oxygen atoms in total. The molecule has 2 heterocycles. The Kier molecular flexibility index (Phi) is 2.78. The van der Waals surface area contributed by atoms with Gasteiger partial charge in [-0.05, 0) is 12.1 Å². The maximum Gasteiger partial charge on any atom is 0.175 e. The number of hydrogen-bond acceptors (Lipinski definition) is 4. The molecule has 0 saturated carbocycles. The van der Waals surface area contributed by atoms with E-state index in [9.17, 15) is 0 Å². The van der Waals surface area contributed by atoms with Gasteiger partial charge < -0.3 is 4.74 Å². The van der Waals surface area contributed by atoms with E-state index in [0.717, 1.165) is 5.56 Å². The van der Waals surface area contributed by atoms with Crippen LogP contribution in [0.15, 0.2) is 30.7 Å². The molecular formula is C10H8ClN3O. The fraction of sp³-hybridized carbons (Fsp3) is 0.100. The van der Waals surface area contributed by atoms with Crippen LogP contribution in [0.2, 0.25) is 5.15 Å². The van der Waals surface area contributed by atoms with Crippen LogP contribution in [-0.4, -0.2) is 22.1 Å². The molecule has 0 fully saturated rings. The minimum absolute atomic E-state index is 0.305. The highest BCUT2D eigenvalue weighted by molar-refractivity contribution is 6.30. The van der Waals surface area contributed by atoms with Crippen LogP contribution in [-0.2, 0) is 0 Å². The first-order valence-corrected chi connectivity index (χ1v) is 4.66. The normalized spacial score (nSPS) is 10.0. The van der Waals surface area contributed by atoms with Gasteiger partial charge in [0.2, 0.25) is 0 Å². The molecule has 0 aliphatic rings. The minimum Gasteiger partial charge on any atom is -0.492 e. The Bertz CT molecular complexity index is 461. The van der Waals surface area contributed by atoms with Gasteiger partial charge in [-0.1, -0.05) is 11.6 Å². The summed E-state index contributed by atoms with van der Waals surface area (Å²) >= 11 is 5.89. The quantitative estimate of drug-likeness (QED) is 0.730. The van der Waals surface area contributed by atoms with Crippen molar-refractivity contribution in [2.24, 2.45) is 0 Å². The Morgan fingerprint density at radius 2 is 2.00 bits per heavy atom. The molecule has 0 aliphatic carbocycles. The van der Waals surface area contributed by atoms with Gasteiger partial charge >= 0.3 is 0 Å². The first-order valence-electron chi connectivity index (χ1n) is 4.28. The molecule has 5 heteroatoms. The van der Waals surface area contributed by atoms with E-state index in [1.807, 2.05) is 12.1 Å². The van der Waals surface area contributed by atoms with Gasteiger partial charge in [-0.2, -0.15) is 0 Å². The van der Waals surface area contributed by atoms with Gasteiger partial charge in [-0.3, -0.25) is 4.98 Å². The lowest BCUT2D eigenvalue weighted by Crippen LogP contribution is -1.93. The highest BCUT2D eigenvalue weighted by Crippen LogP contribution is 2.23. The van der Waals surface area contributed by atoms with E-state index >= 15 is 0 Å². The molecular weight excluding hydrogens is 214 g/mol. The molecule has 76 valence electrons. The Hall–Kier alpha value is -1.68. The van der Waals surface area contributed by atoms with Gasteiger partial charge in [0, 0.05) is 18.0 Å². The molecule has 0 aliphatic heterocycles. The molecule has 0 spiro atoms. The summed E-state index contributed by atoms with van der Waals surface area (Å²) in [6.45, 7) is 0. The fourth-order valence-electron chi connectivity index (χ4n) is 1.13. The summed E-state index contributed by atoms with van der Waals surface area (Å²) in [5.74, 6) is 1.03. The maximum absolute atomic E-state index is 5.89. The molecule has 0 aromatic carbocycles. The van der Waals surface area contributed by atoms with Gasteiger partial charge in [0.25, 0.3) is 0 Å². The lowest BCUT2D eigenvalue weighted by molar-refractivity contribution is 0.411. The zero-order valence-corrected chi connectivity index (χ0v) is 8.77. The molecule has 0 radical (unpaired) electrons. The van der Waals surface area contributed by atoms with Gasteiger partial charge in [-0.25, -0.2) is 9.97 Å². The molecule has 2 rings (SSSR count). The average Bonchev–Trinajstić information content (AvgIpc) is 2.30. The van der Waals surface area contributed by atoms with Crippen LogP contribution in [0.3, 0.4) is 0 Å². The van der Waals surface area contributed by atoms with E-state index in [0.29, 0.717) is 16.7 Å². The Balaban J connectivity index is 2.43. The van der Waals surface area contributed by atoms with Crippen LogP contribution in [0.4, 0.5) is 0 Å². The zero-order chi connectivity index (χ0) is 10.7. The van der Waals surface area contributed by atoms with E-state index < -0.39 is 0 Å². The average molecular weight is 222 g/mol. The van der Waals surface area contributed by atoms with E-state index in [1.165, 1.54) is 7.11 Å². The number of ether oxygens (including phenoxy) is 1. The van der Waals surface area contributed by atoms with E-state index in [-0.39, 0.29) is 0 Å². The zero-order valence-electron chi connectivity index (χ0n) is 8.01. The summed E-state index contributed by atoms with van der Waals surface area (Å²) in [6.07, 6.45) is 4.90. The summed E-state index contributed by atoms with van der Waals surface area (Å²) < 4.78 is 4.97. The first kappa shape index (κ1) is 9.86. The molecule has 0 N–H and O–H groups in total. The number of methoxy groups -OCH3 is 1. The van der Waals surface area contributed by atoms with Crippen LogP contribution >= 0.6 is 11.6 Å². The predicted octanol–water partition coefficient (Wildman–Crippen LogP) is 2.20. The van der Waals surface area contributed by atoms with E-state index in [2.05, 4.69) is 15.0 Å². The van der Waals surface area contributed by atoms with Crippen molar-refractivity contribution in [2.45, 2.75) is 0 Å². The van der Waals surface area contributed by atoms with Crippen molar-refractivity contribution in [3.63, 3.8) is 0 Å². The molecule has 2 aromatic heterocycles. The Morgan fingerprint density at radius 3 is 2.60 bits per heavy atom. The van der Waals surface area contributed by atoms with Crippen molar-refractivity contribution in [1.82, 2.24) is 15.0 Å². The molecule has 2 aromatic rings. The lowest BCUT2D eigenvalue weighted by Gasteiger charge is -2.03. The van der Waals surface area contributed by atoms with Gasteiger partial charge in [0.05, 0.1) is 13.3 Å². The first-order chi connectivity index (χ1) is 7.31. The van der Waals surface area contributed by atoms with Crippen molar-refractivity contribution < 1.29 is 4.74 Å². The molecule has 0 amide bonds. The topological polar surface area (TPSA) is 47.9 Å². The van der Waals surface area contributed by atoms with Crippen LogP contribution < -0.4 is 4.74 Å². The summed E-state index contributed by atoms with van der Waals surface area (Å²) in [4.78, 5) is 12.2. The minimum atomic E-state index is 0.305. The van der Waals surface area contributed by atoms with Crippen molar-refractivity contribution in [1.29, 1.82) is 0 Å². The van der Waals surface area contributed by atoms with Crippen molar-refractivity contribution >= 4 is 11.6 Å². The smallest absolute Gasteiger partial charge is 0.175 e. The standard InChI is InChI=1S/C10H8ClN3O/c1-15-8-6-13-10(14-9(8)11)7-2-4-12-5-3-7/h2-6H,1H3. The third-order valence-electron chi connectivity index (χ3n) is 1.87. The highest BCUT2D eigenvalue weighted by atomic mass is 35.5. The molecule has 0 atom stereocenters. The van der Waals surface area contributed by atoms with Crippen molar-refractivity contribution in [3.8, 4) is 17.1 Å². The molecule has 0 unspecified atom stereocenters. The van der Waals surface area contributed by atoms with Gasteiger partial charge in [0.1, 0.15) is 0 Å². The molecule has 0 bridgehead atoms. The largest absolute Gasteiger partial charge is 0.492 e. The second-order valence-corrected chi connectivity index (χ2v) is 3.15. The van der Waals surface area contributed by atoms with Gasteiger partial charge in [0.15, 0.2) is 16.7 Å². The molecule has 0 saturated heterocycles. The third-order valence-corrected chi connectivity index (χ3v) is 2.14. The van der Waals surface area contributed by atoms with Crippen LogP contribution in [0.5, 0.6) is 5.75 Å². The second-order valence-electron chi connectivity index (χ2n) is 2.79. The second kappa shape index (κ2) is 4.23. The van der Waals surface area contributed by atoms with E-state index in [4.69, 9.17) is 16.3 Å². The molecule has 15 heavy (non-hydrogen) atoms. The Morgan fingerprint density at radius 1 is 1.27 bits per heavy atom. The summed E-state index contributed by atoms with van der Waals surface area (Å²) in [7, 11) is 1.52. The summed E-state index contributed by atoms with van der Waals surface area (Å²) in [5, 5.41) is 0.305. The summed E-state index contributed by atoms with van der Waals surface area (Å²) in [5.41, 5.74) is 0.870. The van der Waals surface area contributed by atoms with Gasteiger partial charge in [-0.15, -0.1) is 0 Å². The number of pyridine rings is 1. The van der Waals surface area contributed by atoms with E-state index in [1.54, 1.807) is 18.6 Å². The SMILES string of the molecule is COc1cnc(-c2ccncc2)nc1Cl. The van der Waals surface area contributed by atoms with Crippen LogP contribution in [0.25, 0.3) is 11.4 Å². The lowest BCUT2D eigenvalue weighted by atomic mass is 10.2. The highest BCUT2D eigenvalue weighted by Gasteiger charge is 2.06. The number of hydrogen-bond donors (Lipinski definition) is 0.